The smallest absolute Gasteiger partial charge is 0.191 e. The number of aryl methyl sites for hydroxylation is 1. The molecule has 2 fully saturated rings. The lowest BCUT2D eigenvalue weighted by atomic mass is 9.67. The van der Waals surface area contributed by atoms with E-state index in [2.05, 4.69) is 20.8 Å². The molecule has 2 aliphatic rings. The van der Waals surface area contributed by atoms with Crippen molar-refractivity contribution in [2.45, 2.75) is 77.3 Å². The zero-order chi connectivity index (χ0) is 19.1. The van der Waals surface area contributed by atoms with Gasteiger partial charge in [0.05, 0.1) is 0 Å². The number of rotatable bonds is 8. The lowest BCUT2D eigenvalue weighted by Gasteiger charge is -2.42. The van der Waals surface area contributed by atoms with E-state index in [1.807, 2.05) is 18.5 Å². The van der Waals surface area contributed by atoms with Crippen molar-refractivity contribution < 1.29 is 4.74 Å². The van der Waals surface area contributed by atoms with Crippen LogP contribution in [0.15, 0.2) is 4.99 Å². The molecule has 0 radical (unpaired) electrons. The van der Waals surface area contributed by atoms with Gasteiger partial charge in [-0.3, -0.25) is 0 Å². The molecule has 0 spiro atoms. The van der Waals surface area contributed by atoms with Crippen LogP contribution >= 0.6 is 0 Å². The van der Waals surface area contributed by atoms with E-state index < -0.39 is 0 Å². The summed E-state index contributed by atoms with van der Waals surface area (Å²) in [4.78, 5) is 4.84. The van der Waals surface area contributed by atoms with Crippen LogP contribution in [0.4, 0.5) is 0 Å². The predicted molar refractivity (Wildman–Crippen MR) is 108 cm³/mol. The van der Waals surface area contributed by atoms with E-state index in [4.69, 9.17) is 9.73 Å². The largest absolute Gasteiger partial charge is 0.385 e. The average molecular weight is 377 g/mol. The van der Waals surface area contributed by atoms with E-state index in [0.29, 0.717) is 18.0 Å². The Morgan fingerprint density at radius 3 is 2.59 bits per heavy atom. The molecule has 3 rings (SSSR count). The lowest BCUT2D eigenvalue weighted by Crippen LogP contribution is -2.49. The first-order chi connectivity index (χ1) is 13.1. The fraction of sp³-hybridized carbons (Fsp3) is 0.850. The van der Waals surface area contributed by atoms with E-state index in [1.165, 1.54) is 51.4 Å². The van der Waals surface area contributed by atoms with Crippen LogP contribution in [-0.2, 0) is 18.3 Å². The van der Waals surface area contributed by atoms with Crippen molar-refractivity contribution in [2.24, 2.45) is 17.5 Å². The van der Waals surface area contributed by atoms with Crippen molar-refractivity contribution in [1.29, 1.82) is 0 Å². The van der Waals surface area contributed by atoms with Gasteiger partial charge in [0, 0.05) is 33.4 Å². The van der Waals surface area contributed by atoms with Gasteiger partial charge in [0.15, 0.2) is 11.8 Å². The quantitative estimate of drug-likeness (QED) is 0.539. The highest BCUT2D eigenvalue weighted by molar-refractivity contribution is 5.80. The number of ether oxygens (including phenoxy) is 1. The summed E-state index contributed by atoms with van der Waals surface area (Å²) in [5, 5.41) is 15.7. The lowest BCUT2D eigenvalue weighted by molar-refractivity contribution is 0.0732. The minimum atomic E-state index is 0.367. The third kappa shape index (κ3) is 5.43. The Morgan fingerprint density at radius 1 is 1.22 bits per heavy atom. The molecule has 2 saturated carbocycles. The molecule has 1 heterocycles. The highest BCUT2D eigenvalue weighted by Crippen LogP contribution is 2.43. The second-order valence-electron chi connectivity index (χ2n) is 8.32. The maximum atomic E-state index is 5.33. The Balaban J connectivity index is 1.63. The molecule has 0 bridgehead atoms. The standard InChI is InChI=1S/C20H36N6O/c1-16-24-25-18(26(16)2)14-21-19(23-17-8-5-4-6-9-17)22-15-20(10-7-11-20)12-13-27-3/h17H,4-15H2,1-3H3,(H2,21,22,23). The predicted octanol–water partition coefficient (Wildman–Crippen LogP) is 2.70. The second kappa shape index (κ2) is 9.53. The van der Waals surface area contributed by atoms with Crippen LogP contribution < -0.4 is 10.6 Å². The SMILES string of the molecule is COCCC1(CNC(=NCc2nnc(C)n2C)NC2CCCCC2)CCC1. The molecule has 27 heavy (non-hydrogen) atoms. The van der Waals surface area contributed by atoms with E-state index in [1.54, 1.807) is 7.11 Å². The maximum absolute atomic E-state index is 5.33. The van der Waals surface area contributed by atoms with E-state index >= 15 is 0 Å². The summed E-state index contributed by atoms with van der Waals surface area (Å²) in [6.45, 7) is 4.31. The summed E-state index contributed by atoms with van der Waals surface area (Å²) in [7, 11) is 3.79. The number of hydrogen-bond donors (Lipinski definition) is 2. The van der Waals surface area contributed by atoms with Crippen LogP contribution in [0.1, 0.15) is 69.4 Å². The number of guanidine groups is 1. The minimum absolute atomic E-state index is 0.367. The third-order valence-corrected chi connectivity index (χ3v) is 6.39. The number of hydrogen-bond acceptors (Lipinski definition) is 4. The van der Waals surface area contributed by atoms with Gasteiger partial charge < -0.3 is 19.9 Å². The normalized spacial score (nSPS) is 20.3. The number of nitrogens with one attached hydrogen (secondary N) is 2. The molecule has 0 saturated heterocycles. The molecule has 152 valence electrons. The first kappa shape index (κ1) is 20.1. The van der Waals surface area contributed by atoms with Gasteiger partial charge in [-0.25, -0.2) is 4.99 Å². The fourth-order valence-corrected chi connectivity index (χ4v) is 4.11. The van der Waals surface area contributed by atoms with Crippen LogP contribution in [-0.4, -0.2) is 47.0 Å². The summed E-state index contributed by atoms with van der Waals surface area (Å²) in [6.07, 6.45) is 11.5. The zero-order valence-electron chi connectivity index (χ0n) is 17.3. The summed E-state index contributed by atoms with van der Waals surface area (Å²) >= 11 is 0. The molecule has 7 nitrogen and oxygen atoms in total. The highest BCUT2D eigenvalue weighted by atomic mass is 16.5. The molecule has 1 aromatic rings. The van der Waals surface area contributed by atoms with Gasteiger partial charge in [-0.05, 0) is 44.4 Å². The summed E-state index contributed by atoms with van der Waals surface area (Å²) in [5.41, 5.74) is 0.367. The van der Waals surface area contributed by atoms with Crippen LogP contribution in [0.2, 0.25) is 0 Å². The first-order valence-corrected chi connectivity index (χ1v) is 10.5. The van der Waals surface area contributed by atoms with Crippen LogP contribution in [0.5, 0.6) is 0 Å². The summed E-state index contributed by atoms with van der Waals surface area (Å²) < 4.78 is 7.34. The number of aromatic nitrogens is 3. The molecule has 0 aromatic carbocycles. The van der Waals surface area contributed by atoms with E-state index in [0.717, 1.165) is 37.2 Å². The van der Waals surface area contributed by atoms with Crippen molar-refractivity contribution in [2.75, 3.05) is 20.3 Å². The fourth-order valence-electron chi connectivity index (χ4n) is 4.11. The van der Waals surface area contributed by atoms with Gasteiger partial charge in [-0.15, -0.1) is 10.2 Å². The van der Waals surface area contributed by atoms with Crippen LogP contribution in [0.25, 0.3) is 0 Å². The Bertz CT molecular complexity index is 616. The van der Waals surface area contributed by atoms with Gasteiger partial charge in [-0.2, -0.15) is 0 Å². The minimum Gasteiger partial charge on any atom is -0.385 e. The Morgan fingerprint density at radius 2 is 2.00 bits per heavy atom. The molecule has 0 unspecified atom stereocenters. The van der Waals surface area contributed by atoms with E-state index in [9.17, 15) is 0 Å². The van der Waals surface area contributed by atoms with Gasteiger partial charge in [0.25, 0.3) is 0 Å². The molecule has 0 aliphatic heterocycles. The van der Waals surface area contributed by atoms with Crippen molar-refractivity contribution in [3.05, 3.63) is 11.6 Å². The van der Waals surface area contributed by atoms with Gasteiger partial charge >= 0.3 is 0 Å². The summed E-state index contributed by atoms with van der Waals surface area (Å²) in [5.74, 6) is 2.74. The molecule has 2 N–H and O–H groups in total. The Labute approximate surface area is 163 Å². The van der Waals surface area contributed by atoms with Crippen molar-refractivity contribution in [3.63, 3.8) is 0 Å². The van der Waals surface area contributed by atoms with Crippen LogP contribution in [0.3, 0.4) is 0 Å². The molecule has 2 aliphatic carbocycles. The highest BCUT2D eigenvalue weighted by Gasteiger charge is 2.36. The maximum Gasteiger partial charge on any atom is 0.191 e. The van der Waals surface area contributed by atoms with Crippen molar-refractivity contribution in [1.82, 2.24) is 25.4 Å². The molecule has 1 aromatic heterocycles. The Kier molecular flexibility index (Phi) is 7.10. The number of methoxy groups -OCH3 is 1. The topological polar surface area (TPSA) is 76.4 Å². The molecular weight excluding hydrogens is 340 g/mol. The number of nitrogens with zero attached hydrogens (tertiary/aromatic N) is 4. The van der Waals surface area contributed by atoms with E-state index in [-0.39, 0.29) is 0 Å². The summed E-state index contributed by atoms with van der Waals surface area (Å²) in [6, 6.07) is 0.530. The Hall–Kier alpha value is -1.63. The molecular formula is C20H36N6O. The van der Waals surface area contributed by atoms with Gasteiger partial charge in [0.1, 0.15) is 12.4 Å². The monoisotopic (exact) mass is 376 g/mol. The zero-order valence-corrected chi connectivity index (χ0v) is 17.3. The van der Waals surface area contributed by atoms with Crippen molar-refractivity contribution in [3.8, 4) is 0 Å². The molecule has 7 heteroatoms. The average Bonchev–Trinajstić information content (AvgIpc) is 2.97. The van der Waals surface area contributed by atoms with Crippen molar-refractivity contribution >= 4 is 5.96 Å². The van der Waals surface area contributed by atoms with Crippen LogP contribution in [0, 0.1) is 12.3 Å². The van der Waals surface area contributed by atoms with Gasteiger partial charge in [0.2, 0.25) is 0 Å². The number of aliphatic imine (C=N–C) groups is 1. The molecule has 0 atom stereocenters. The second-order valence-corrected chi connectivity index (χ2v) is 8.32. The molecule has 0 amide bonds. The van der Waals surface area contributed by atoms with Gasteiger partial charge in [-0.1, -0.05) is 25.7 Å². The first-order valence-electron chi connectivity index (χ1n) is 10.5. The third-order valence-electron chi connectivity index (χ3n) is 6.39.